The van der Waals surface area contributed by atoms with Crippen molar-refractivity contribution >= 4 is 27.3 Å². The van der Waals surface area contributed by atoms with Gasteiger partial charge in [-0.3, -0.25) is 4.68 Å². The minimum Gasteiger partial charge on any atom is -0.373 e. The predicted molar refractivity (Wildman–Crippen MR) is 119 cm³/mol. The zero-order valence-electron chi connectivity index (χ0n) is 17.1. The third-order valence-corrected chi connectivity index (χ3v) is 6.18. The highest BCUT2D eigenvalue weighted by molar-refractivity contribution is 7.89. The summed E-state index contributed by atoms with van der Waals surface area (Å²) in [5.41, 5.74) is 1.56. The molecule has 0 saturated carbocycles. The van der Waals surface area contributed by atoms with Crippen LogP contribution in [0, 0.1) is 5.82 Å². The summed E-state index contributed by atoms with van der Waals surface area (Å²) in [4.78, 5) is -0.109. The predicted octanol–water partition coefficient (Wildman–Crippen LogP) is 3.93. The number of nitrogens with two attached hydrogens (primary N) is 1. The van der Waals surface area contributed by atoms with Crippen LogP contribution in [0.5, 0.6) is 0 Å². The standard InChI is InChI=1S/C21H24ClFN4O3S/c1-3-13(2)27-12-15(11-25-27)18-6-5-17(10-20(18)31(24,29)30)26-21(28)9-14-8-16(22)4-7-19(14)23/h4-8,10-13,21,26,28H,3,9H2,1-2H3,(H2,24,29,30). The van der Waals surface area contributed by atoms with Crippen LogP contribution >= 0.6 is 11.6 Å². The number of aromatic nitrogens is 2. The number of aliphatic hydroxyl groups is 1. The summed E-state index contributed by atoms with van der Waals surface area (Å²) >= 11 is 5.88. The number of halogens is 2. The van der Waals surface area contributed by atoms with E-state index in [0.29, 0.717) is 21.8 Å². The third-order valence-electron chi connectivity index (χ3n) is 5.00. The lowest BCUT2D eigenvalue weighted by Gasteiger charge is -2.16. The van der Waals surface area contributed by atoms with Crippen molar-refractivity contribution in [1.29, 1.82) is 0 Å². The molecule has 0 bridgehead atoms. The molecule has 3 rings (SSSR count). The van der Waals surface area contributed by atoms with E-state index in [0.717, 1.165) is 6.42 Å². The molecule has 0 aliphatic carbocycles. The molecule has 2 unspecified atom stereocenters. The molecule has 1 aromatic heterocycles. The molecule has 0 saturated heterocycles. The summed E-state index contributed by atoms with van der Waals surface area (Å²) in [5.74, 6) is -0.496. The van der Waals surface area contributed by atoms with Gasteiger partial charge < -0.3 is 10.4 Å². The van der Waals surface area contributed by atoms with Crippen molar-refractivity contribution in [3.63, 3.8) is 0 Å². The fourth-order valence-corrected chi connectivity index (χ4v) is 4.12. The van der Waals surface area contributed by atoms with Crippen molar-refractivity contribution in [2.24, 2.45) is 5.14 Å². The average molecular weight is 467 g/mol. The van der Waals surface area contributed by atoms with Gasteiger partial charge in [-0.05, 0) is 49.2 Å². The molecular formula is C21H24ClFN4O3S. The van der Waals surface area contributed by atoms with E-state index in [2.05, 4.69) is 10.4 Å². The first-order chi connectivity index (χ1) is 14.6. The van der Waals surface area contributed by atoms with Crippen LogP contribution in [0.1, 0.15) is 31.9 Å². The third kappa shape index (κ3) is 5.62. The highest BCUT2D eigenvalue weighted by atomic mass is 35.5. The maximum atomic E-state index is 13.9. The minimum atomic E-state index is -4.06. The minimum absolute atomic E-state index is 0.0689. The van der Waals surface area contributed by atoms with Gasteiger partial charge in [0.1, 0.15) is 12.0 Å². The van der Waals surface area contributed by atoms with Crippen molar-refractivity contribution in [3.8, 4) is 11.1 Å². The maximum Gasteiger partial charge on any atom is 0.238 e. The van der Waals surface area contributed by atoms with Crippen LogP contribution in [0.3, 0.4) is 0 Å². The van der Waals surface area contributed by atoms with E-state index < -0.39 is 22.1 Å². The van der Waals surface area contributed by atoms with Crippen LogP contribution in [-0.4, -0.2) is 29.5 Å². The van der Waals surface area contributed by atoms with Crippen LogP contribution in [0.25, 0.3) is 11.1 Å². The lowest BCUT2D eigenvalue weighted by Crippen LogP contribution is -2.22. The highest BCUT2D eigenvalue weighted by Crippen LogP contribution is 2.30. The first-order valence-corrected chi connectivity index (χ1v) is 11.6. The molecule has 0 amide bonds. The molecule has 0 fully saturated rings. The highest BCUT2D eigenvalue weighted by Gasteiger charge is 2.19. The molecule has 4 N–H and O–H groups in total. The summed E-state index contributed by atoms with van der Waals surface area (Å²) in [6.07, 6.45) is 2.97. The van der Waals surface area contributed by atoms with Gasteiger partial charge in [0.05, 0.1) is 11.1 Å². The number of rotatable bonds is 8. The zero-order valence-corrected chi connectivity index (χ0v) is 18.7. The number of anilines is 1. The molecule has 31 heavy (non-hydrogen) atoms. The normalized spacial score (nSPS) is 13.7. The Hall–Kier alpha value is -2.46. The van der Waals surface area contributed by atoms with Gasteiger partial charge in [-0.15, -0.1) is 0 Å². The Morgan fingerprint density at radius 3 is 2.71 bits per heavy atom. The van der Waals surface area contributed by atoms with Crippen molar-refractivity contribution in [2.45, 2.75) is 43.9 Å². The quantitative estimate of drug-likeness (QED) is 0.435. The molecule has 3 aromatic rings. The molecule has 2 atom stereocenters. The van der Waals surface area contributed by atoms with E-state index in [4.69, 9.17) is 16.7 Å². The van der Waals surface area contributed by atoms with Crippen LogP contribution in [-0.2, 0) is 16.4 Å². The van der Waals surface area contributed by atoms with Crippen LogP contribution < -0.4 is 10.5 Å². The van der Waals surface area contributed by atoms with Crippen LogP contribution in [0.4, 0.5) is 10.1 Å². The first kappa shape index (κ1) is 23.2. The van der Waals surface area contributed by atoms with Gasteiger partial charge in [0, 0.05) is 40.5 Å². The lowest BCUT2D eigenvalue weighted by molar-refractivity contribution is 0.202. The van der Waals surface area contributed by atoms with E-state index in [9.17, 15) is 17.9 Å². The van der Waals surface area contributed by atoms with E-state index in [1.54, 1.807) is 29.2 Å². The number of sulfonamides is 1. The second-order valence-corrected chi connectivity index (χ2v) is 9.29. The largest absolute Gasteiger partial charge is 0.373 e. The van der Waals surface area contributed by atoms with E-state index >= 15 is 0 Å². The number of aliphatic hydroxyl groups excluding tert-OH is 1. The van der Waals surface area contributed by atoms with Crippen molar-refractivity contribution in [2.75, 3.05) is 5.32 Å². The van der Waals surface area contributed by atoms with Crippen molar-refractivity contribution in [1.82, 2.24) is 9.78 Å². The number of hydrogen-bond acceptors (Lipinski definition) is 5. The van der Waals surface area contributed by atoms with Gasteiger partial charge in [0.15, 0.2) is 0 Å². The summed E-state index contributed by atoms with van der Waals surface area (Å²) < 4.78 is 40.1. The van der Waals surface area contributed by atoms with Gasteiger partial charge in [0.2, 0.25) is 10.0 Å². The second-order valence-electron chi connectivity index (χ2n) is 7.32. The van der Waals surface area contributed by atoms with Gasteiger partial charge in [-0.1, -0.05) is 24.6 Å². The maximum absolute atomic E-state index is 13.9. The Balaban J connectivity index is 1.88. The topological polar surface area (TPSA) is 110 Å². The lowest BCUT2D eigenvalue weighted by atomic mass is 10.1. The summed E-state index contributed by atoms with van der Waals surface area (Å²) in [5, 5.41) is 23.2. The molecular weight excluding hydrogens is 443 g/mol. The first-order valence-electron chi connectivity index (χ1n) is 9.68. The van der Waals surface area contributed by atoms with Gasteiger partial charge in [-0.25, -0.2) is 17.9 Å². The molecule has 2 aromatic carbocycles. The van der Waals surface area contributed by atoms with Crippen molar-refractivity contribution < 1.29 is 17.9 Å². The van der Waals surface area contributed by atoms with E-state index in [1.807, 2.05) is 13.8 Å². The van der Waals surface area contributed by atoms with E-state index in [-0.39, 0.29) is 22.9 Å². The van der Waals surface area contributed by atoms with Gasteiger partial charge in [-0.2, -0.15) is 5.10 Å². The summed E-state index contributed by atoms with van der Waals surface area (Å²) in [6, 6.07) is 8.76. The average Bonchev–Trinajstić information content (AvgIpc) is 3.19. The van der Waals surface area contributed by atoms with Crippen LogP contribution in [0.15, 0.2) is 53.7 Å². The molecule has 0 aliphatic rings. The molecule has 1 heterocycles. The van der Waals surface area contributed by atoms with Gasteiger partial charge >= 0.3 is 0 Å². The second kappa shape index (κ2) is 9.35. The summed E-state index contributed by atoms with van der Waals surface area (Å²) in [6.45, 7) is 4.04. The fraction of sp³-hybridized carbons (Fsp3) is 0.286. The fourth-order valence-electron chi connectivity index (χ4n) is 3.14. The van der Waals surface area contributed by atoms with Crippen molar-refractivity contribution in [3.05, 3.63) is 65.2 Å². The summed E-state index contributed by atoms with van der Waals surface area (Å²) in [7, 11) is -4.06. The number of hydrogen-bond donors (Lipinski definition) is 3. The number of nitrogens with zero attached hydrogens (tertiary/aromatic N) is 2. The Bertz CT molecular complexity index is 1180. The number of primary sulfonamides is 1. The Morgan fingerprint density at radius 2 is 2.03 bits per heavy atom. The molecule has 0 spiro atoms. The SMILES string of the molecule is CCC(C)n1cc(-c2ccc(NC(O)Cc3cc(Cl)ccc3F)cc2S(N)(=O)=O)cn1. The number of benzene rings is 2. The van der Waals surface area contributed by atoms with Crippen LogP contribution in [0.2, 0.25) is 5.02 Å². The molecule has 10 heteroatoms. The Kier molecular flexibility index (Phi) is 7.00. The monoisotopic (exact) mass is 466 g/mol. The van der Waals surface area contributed by atoms with E-state index in [1.165, 1.54) is 24.3 Å². The molecule has 0 aliphatic heterocycles. The smallest absolute Gasteiger partial charge is 0.238 e. The Morgan fingerprint density at radius 1 is 1.29 bits per heavy atom. The molecule has 0 radical (unpaired) electrons. The Labute approximate surface area is 185 Å². The number of nitrogens with one attached hydrogen (secondary N) is 1. The molecule has 166 valence electrons. The van der Waals surface area contributed by atoms with Gasteiger partial charge in [0.25, 0.3) is 0 Å². The zero-order chi connectivity index (χ0) is 22.8. The molecule has 7 nitrogen and oxygen atoms in total.